The molecule has 1 amide bonds. The molecule has 1 atom stereocenters. The number of halogens is 2. The van der Waals surface area contributed by atoms with Crippen LogP contribution in [0.1, 0.15) is 54.4 Å². The van der Waals surface area contributed by atoms with E-state index in [2.05, 4.69) is 23.1 Å². The van der Waals surface area contributed by atoms with Crippen molar-refractivity contribution in [1.29, 1.82) is 0 Å². The lowest BCUT2D eigenvalue weighted by atomic mass is 9.95. The molecule has 2 aromatic carbocycles. The van der Waals surface area contributed by atoms with Gasteiger partial charge in [0.1, 0.15) is 19.0 Å². The second-order valence-corrected chi connectivity index (χ2v) is 9.72. The van der Waals surface area contributed by atoms with Crippen LogP contribution in [0.25, 0.3) is 0 Å². The van der Waals surface area contributed by atoms with Crippen LogP contribution < -0.4 is 19.9 Å². The summed E-state index contributed by atoms with van der Waals surface area (Å²) in [5.41, 5.74) is 7.51. The van der Waals surface area contributed by atoms with E-state index in [-0.39, 0.29) is 30.7 Å². The lowest BCUT2D eigenvalue weighted by molar-refractivity contribution is 0.0721. The molecule has 0 aliphatic carbocycles. The molecule has 7 nitrogen and oxygen atoms in total. The minimum Gasteiger partial charge on any atom is -0.493 e. The molecule has 0 radical (unpaired) electrons. The lowest BCUT2D eigenvalue weighted by Crippen LogP contribution is -2.40. The van der Waals surface area contributed by atoms with Crippen molar-refractivity contribution in [3.63, 3.8) is 0 Å². The normalized spacial score (nSPS) is 18.8. The van der Waals surface area contributed by atoms with Gasteiger partial charge in [-0.1, -0.05) is 18.6 Å². The average molecular weight is 569 g/mol. The van der Waals surface area contributed by atoms with Crippen molar-refractivity contribution < 1.29 is 19.0 Å². The van der Waals surface area contributed by atoms with Gasteiger partial charge < -0.3 is 29.7 Å². The van der Waals surface area contributed by atoms with Gasteiger partial charge >= 0.3 is 0 Å². The van der Waals surface area contributed by atoms with E-state index in [4.69, 9.17) is 19.9 Å². The molecule has 0 spiro atoms. The van der Waals surface area contributed by atoms with Gasteiger partial charge in [0.2, 0.25) is 0 Å². The molecule has 2 heterocycles. The standard InChI is InChI=1S/C29H41N3O4.2ClH/c1-34-27-13-11-24(22-28(27)36-19-14-30)29(33)32-17-5-4-16-31-15-3-2-8-25(31)12-10-23-7-6-9-26(21-23)35-20-18-32;;/h6-7,9,11,13,21-22,25H,2-5,8,10,12,14-20,30H2,1H3;2*1H. The van der Waals surface area contributed by atoms with Crippen LogP contribution in [-0.2, 0) is 6.42 Å². The molecular formula is C29H43Cl2N3O4. The number of piperidine rings is 1. The van der Waals surface area contributed by atoms with Gasteiger partial charge in [-0.2, -0.15) is 0 Å². The molecule has 9 heteroatoms. The van der Waals surface area contributed by atoms with Crippen molar-refractivity contribution in [3.05, 3.63) is 53.6 Å². The van der Waals surface area contributed by atoms with Crippen LogP contribution in [-0.4, -0.2) is 74.8 Å². The Morgan fingerprint density at radius 1 is 0.974 bits per heavy atom. The molecule has 1 saturated heterocycles. The van der Waals surface area contributed by atoms with Gasteiger partial charge in [0, 0.05) is 24.7 Å². The highest BCUT2D eigenvalue weighted by molar-refractivity contribution is 5.95. The van der Waals surface area contributed by atoms with Gasteiger partial charge in [-0.3, -0.25) is 4.79 Å². The number of carbonyl (C=O) groups is 1. The van der Waals surface area contributed by atoms with Gasteiger partial charge in [-0.25, -0.2) is 0 Å². The molecule has 2 aromatic rings. The number of nitrogens with two attached hydrogens (primary N) is 1. The molecule has 0 saturated carbocycles. The minimum absolute atomic E-state index is 0. The van der Waals surface area contributed by atoms with Gasteiger partial charge in [0.25, 0.3) is 5.91 Å². The molecule has 38 heavy (non-hydrogen) atoms. The Kier molecular flexibility index (Phi) is 14.1. The summed E-state index contributed by atoms with van der Waals surface area (Å²) in [6, 6.07) is 14.4. The number of rotatable bonds is 5. The van der Waals surface area contributed by atoms with E-state index in [1.807, 2.05) is 11.0 Å². The fourth-order valence-electron chi connectivity index (χ4n) is 5.29. The third-order valence-electron chi connectivity index (χ3n) is 7.24. The second-order valence-electron chi connectivity index (χ2n) is 9.72. The Morgan fingerprint density at radius 3 is 2.55 bits per heavy atom. The van der Waals surface area contributed by atoms with Crippen molar-refractivity contribution in [2.24, 2.45) is 5.73 Å². The molecule has 212 valence electrons. The molecule has 2 aliphatic rings. The molecule has 2 bridgehead atoms. The van der Waals surface area contributed by atoms with E-state index in [1.54, 1.807) is 25.3 Å². The first-order chi connectivity index (χ1) is 17.7. The van der Waals surface area contributed by atoms with E-state index in [1.165, 1.54) is 37.8 Å². The molecule has 4 rings (SSSR count). The van der Waals surface area contributed by atoms with Gasteiger partial charge in [0.05, 0.1) is 13.7 Å². The topological polar surface area (TPSA) is 77.3 Å². The molecular weight excluding hydrogens is 525 g/mol. The predicted molar refractivity (Wildman–Crippen MR) is 157 cm³/mol. The van der Waals surface area contributed by atoms with E-state index in [0.29, 0.717) is 56.0 Å². The van der Waals surface area contributed by atoms with Crippen LogP contribution in [0.2, 0.25) is 0 Å². The summed E-state index contributed by atoms with van der Waals surface area (Å²) in [6.45, 7) is 4.73. The van der Waals surface area contributed by atoms with Crippen molar-refractivity contribution >= 4 is 30.7 Å². The maximum absolute atomic E-state index is 13.6. The van der Waals surface area contributed by atoms with Gasteiger partial charge in [0.15, 0.2) is 11.5 Å². The minimum atomic E-state index is -0.0206. The molecule has 1 fully saturated rings. The number of ether oxygens (including phenoxy) is 3. The molecule has 2 aliphatic heterocycles. The van der Waals surface area contributed by atoms with Crippen LogP contribution in [0.5, 0.6) is 17.2 Å². The first-order valence-electron chi connectivity index (χ1n) is 13.4. The van der Waals surface area contributed by atoms with Crippen LogP contribution in [0.4, 0.5) is 0 Å². The smallest absolute Gasteiger partial charge is 0.254 e. The van der Waals surface area contributed by atoms with E-state index >= 15 is 0 Å². The Labute approximate surface area is 239 Å². The number of benzene rings is 2. The summed E-state index contributed by atoms with van der Waals surface area (Å²) in [7, 11) is 1.59. The van der Waals surface area contributed by atoms with Gasteiger partial charge in [-0.05, 0) is 87.5 Å². The highest BCUT2D eigenvalue weighted by Crippen LogP contribution is 2.29. The summed E-state index contributed by atoms with van der Waals surface area (Å²) in [5, 5.41) is 0. The SMILES string of the molecule is COc1ccc(C(=O)N2CCCCN3CCCCC3CCc3cccc(c3)OCC2)cc1OCCN.Cl.Cl. The number of hydrogen-bond donors (Lipinski definition) is 1. The number of fused-ring (bicyclic) bond motifs is 3. The Bertz CT molecular complexity index is 994. The van der Waals surface area contributed by atoms with Crippen LogP contribution >= 0.6 is 24.8 Å². The number of hydrogen-bond acceptors (Lipinski definition) is 6. The lowest BCUT2D eigenvalue weighted by Gasteiger charge is -2.36. The molecule has 1 unspecified atom stereocenters. The maximum Gasteiger partial charge on any atom is 0.254 e. The van der Waals surface area contributed by atoms with Crippen molar-refractivity contribution in [3.8, 4) is 17.2 Å². The highest BCUT2D eigenvalue weighted by atomic mass is 35.5. The van der Waals surface area contributed by atoms with Gasteiger partial charge in [-0.15, -0.1) is 24.8 Å². The van der Waals surface area contributed by atoms with Crippen molar-refractivity contribution in [2.45, 2.75) is 51.0 Å². The zero-order valence-electron chi connectivity index (χ0n) is 22.4. The zero-order chi connectivity index (χ0) is 25.2. The van der Waals surface area contributed by atoms with E-state index < -0.39 is 0 Å². The Hall–Kier alpha value is -2.19. The maximum atomic E-state index is 13.6. The van der Waals surface area contributed by atoms with Crippen LogP contribution in [0.3, 0.4) is 0 Å². The predicted octanol–water partition coefficient (Wildman–Crippen LogP) is 4.98. The van der Waals surface area contributed by atoms with E-state index in [9.17, 15) is 4.79 Å². The van der Waals surface area contributed by atoms with E-state index in [0.717, 1.165) is 31.6 Å². The number of methoxy groups -OCH3 is 1. The monoisotopic (exact) mass is 567 g/mol. The summed E-state index contributed by atoms with van der Waals surface area (Å²) in [6.07, 6.45) is 8.22. The van der Waals surface area contributed by atoms with Crippen molar-refractivity contribution in [2.75, 3.05) is 53.0 Å². The summed E-state index contributed by atoms with van der Waals surface area (Å²) < 4.78 is 17.2. The second kappa shape index (κ2) is 16.7. The Morgan fingerprint density at radius 2 is 1.76 bits per heavy atom. The summed E-state index contributed by atoms with van der Waals surface area (Å²) in [4.78, 5) is 18.2. The third-order valence-corrected chi connectivity index (χ3v) is 7.24. The number of carbonyl (C=O) groups excluding carboxylic acids is 1. The Balaban J connectivity index is 0.00000253. The molecule has 2 N–H and O–H groups in total. The first-order valence-corrected chi connectivity index (χ1v) is 13.4. The fourth-order valence-corrected chi connectivity index (χ4v) is 5.29. The number of amides is 1. The summed E-state index contributed by atoms with van der Waals surface area (Å²) >= 11 is 0. The van der Waals surface area contributed by atoms with Crippen LogP contribution in [0.15, 0.2) is 42.5 Å². The summed E-state index contributed by atoms with van der Waals surface area (Å²) in [5.74, 6) is 1.98. The fraction of sp³-hybridized carbons (Fsp3) is 0.552. The third kappa shape index (κ3) is 8.94. The van der Waals surface area contributed by atoms with Crippen LogP contribution in [0, 0.1) is 0 Å². The largest absolute Gasteiger partial charge is 0.493 e. The van der Waals surface area contributed by atoms with Crippen molar-refractivity contribution in [1.82, 2.24) is 9.80 Å². The average Bonchev–Trinajstić information content (AvgIpc) is 2.92. The molecule has 0 aromatic heterocycles. The first kappa shape index (κ1) is 32.0. The number of nitrogens with zero attached hydrogens (tertiary/aromatic N) is 2. The highest BCUT2D eigenvalue weighted by Gasteiger charge is 2.23. The quantitative estimate of drug-likeness (QED) is 0.549. The zero-order valence-corrected chi connectivity index (χ0v) is 24.1. The number of aryl methyl sites for hydroxylation is 1.